The number of benzene rings is 2. The van der Waals surface area contributed by atoms with Crippen molar-refractivity contribution in [3.05, 3.63) is 53.6 Å². The quantitative estimate of drug-likeness (QED) is 0.338. The second kappa shape index (κ2) is 18.8. The van der Waals surface area contributed by atoms with E-state index < -0.39 is 6.04 Å². The van der Waals surface area contributed by atoms with Crippen molar-refractivity contribution < 1.29 is 28.9 Å². The summed E-state index contributed by atoms with van der Waals surface area (Å²) in [5.74, 6) is 0.934. The molecular formula is C36H56N4O6. The van der Waals surface area contributed by atoms with Gasteiger partial charge in [0.05, 0.1) is 37.5 Å². The standard InChI is InChI=1S/C36H56N4O6/c1-26-22-40(27(2)25-41)36(43)32-21-30(37-35(42)12-10-19-38(4)5)15-18-33(32)46-28(3)11-8-9-20-45-34(26)24-39(6)23-29-13-16-31(44-7)17-14-29/h13-18,21,26-28,34,41H,8-12,19-20,22-25H2,1-7H3,(H,37,42)/t26-,27-,28+,34-/m1/s1. The number of anilines is 1. The number of carbonyl (C=O) groups excluding carboxylic acids is 2. The third-order valence-corrected chi connectivity index (χ3v) is 8.45. The van der Waals surface area contributed by atoms with Gasteiger partial charge < -0.3 is 34.4 Å². The summed E-state index contributed by atoms with van der Waals surface area (Å²) in [5.41, 5.74) is 2.09. The lowest BCUT2D eigenvalue weighted by Crippen LogP contribution is -2.47. The molecule has 0 aliphatic carbocycles. The second-order valence-electron chi connectivity index (χ2n) is 13.0. The van der Waals surface area contributed by atoms with Gasteiger partial charge in [-0.1, -0.05) is 19.1 Å². The fraction of sp³-hybridized carbons (Fsp3) is 0.611. The van der Waals surface area contributed by atoms with Crippen LogP contribution >= 0.6 is 0 Å². The largest absolute Gasteiger partial charge is 0.497 e. The Bertz CT molecular complexity index is 1220. The van der Waals surface area contributed by atoms with Gasteiger partial charge in [-0.2, -0.15) is 0 Å². The van der Waals surface area contributed by atoms with E-state index in [2.05, 4.69) is 36.3 Å². The Morgan fingerprint density at radius 3 is 2.54 bits per heavy atom. The first-order valence-corrected chi connectivity index (χ1v) is 16.6. The molecule has 0 saturated heterocycles. The van der Waals surface area contributed by atoms with Gasteiger partial charge >= 0.3 is 0 Å². The summed E-state index contributed by atoms with van der Waals surface area (Å²) in [4.78, 5) is 33.0. The molecule has 4 atom stereocenters. The lowest BCUT2D eigenvalue weighted by molar-refractivity contribution is -0.116. The molecule has 0 aromatic heterocycles. The van der Waals surface area contributed by atoms with E-state index >= 15 is 0 Å². The summed E-state index contributed by atoms with van der Waals surface area (Å²) >= 11 is 0. The topological polar surface area (TPSA) is 104 Å². The summed E-state index contributed by atoms with van der Waals surface area (Å²) in [6, 6.07) is 12.9. The van der Waals surface area contributed by atoms with Crippen molar-refractivity contribution in [3.63, 3.8) is 0 Å². The number of hydrogen-bond acceptors (Lipinski definition) is 8. The van der Waals surface area contributed by atoms with Gasteiger partial charge in [0.1, 0.15) is 11.5 Å². The Balaban J connectivity index is 1.85. The predicted molar refractivity (Wildman–Crippen MR) is 183 cm³/mol. The molecule has 0 bridgehead atoms. The maximum Gasteiger partial charge on any atom is 0.258 e. The number of aliphatic hydroxyl groups excluding tert-OH is 1. The summed E-state index contributed by atoms with van der Waals surface area (Å²) in [7, 11) is 7.70. The minimum Gasteiger partial charge on any atom is -0.497 e. The van der Waals surface area contributed by atoms with Gasteiger partial charge in [0.2, 0.25) is 5.91 Å². The van der Waals surface area contributed by atoms with E-state index in [-0.39, 0.29) is 36.5 Å². The van der Waals surface area contributed by atoms with E-state index in [1.54, 1.807) is 30.2 Å². The van der Waals surface area contributed by atoms with Crippen molar-refractivity contribution >= 4 is 17.5 Å². The van der Waals surface area contributed by atoms with E-state index in [1.165, 1.54) is 5.56 Å². The van der Waals surface area contributed by atoms with E-state index in [4.69, 9.17) is 14.2 Å². The molecule has 0 radical (unpaired) electrons. The molecular weight excluding hydrogens is 584 g/mol. The third kappa shape index (κ3) is 11.9. The van der Waals surface area contributed by atoms with E-state index in [0.29, 0.717) is 43.1 Å². The first-order chi connectivity index (χ1) is 22.0. The molecule has 1 heterocycles. The fourth-order valence-corrected chi connectivity index (χ4v) is 5.66. The Morgan fingerprint density at radius 1 is 1.13 bits per heavy atom. The highest BCUT2D eigenvalue weighted by Gasteiger charge is 2.30. The minimum absolute atomic E-state index is 0.0258. The van der Waals surface area contributed by atoms with E-state index in [9.17, 15) is 14.7 Å². The first-order valence-electron chi connectivity index (χ1n) is 16.6. The Labute approximate surface area is 276 Å². The molecule has 0 spiro atoms. The van der Waals surface area contributed by atoms with Gasteiger partial charge in [-0.15, -0.1) is 0 Å². The van der Waals surface area contributed by atoms with Crippen LogP contribution in [0.4, 0.5) is 5.69 Å². The van der Waals surface area contributed by atoms with E-state index in [0.717, 1.165) is 44.5 Å². The molecule has 10 heteroatoms. The van der Waals surface area contributed by atoms with Crippen LogP contribution in [0.25, 0.3) is 0 Å². The van der Waals surface area contributed by atoms with Gasteiger partial charge in [0.15, 0.2) is 0 Å². The molecule has 2 N–H and O–H groups in total. The molecule has 2 aromatic rings. The van der Waals surface area contributed by atoms with Gasteiger partial charge in [-0.3, -0.25) is 14.5 Å². The number of hydrogen-bond donors (Lipinski definition) is 2. The molecule has 0 saturated carbocycles. The monoisotopic (exact) mass is 640 g/mol. The number of likely N-dealkylation sites (N-methyl/N-ethyl adjacent to an activating group) is 1. The van der Waals surface area contributed by atoms with Crippen molar-refractivity contribution in [1.29, 1.82) is 0 Å². The lowest BCUT2D eigenvalue weighted by Gasteiger charge is -2.36. The molecule has 0 unspecified atom stereocenters. The van der Waals surface area contributed by atoms with Gasteiger partial charge in [-0.05, 0) is 103 Å². The summed E-state index contributed by atoms with van der Waals surface area (Å²) in [6.07, 6.45) is 3.53. The van der Waals surface area contributed by atoms with Gasteiger partial charge in [0.25, 0.3) is 5.91 Å². The number of amides is 2. The lowest BCUT2D eigenvalue weighted by atomic mass is 10.0. The molecule has 2 aromatic carbocycles. The summed E-state index contributed by atoms with van der Waals surface area (Å²) < 4.78 is 18.1. The zero-order valence-corrected chi connectivity index (χ0v) is 29.0. The summed E-state index contributed by atoms with van der Waals surface area (Å²) in [5, 5.41) is 13.2. The normalized spacial score (nSPS) is 20.5. The van der Waals surface area contributed by atoms with Crippen LogP contribution in [-0.4, -0.2) is 111 Å². The zero-order chi connectivity index (χ0) is 33.6. The predicted octanol–water partition coefficient (Wildman–Crippen LogP) is 4.90. The molecule has 1 aliphatic heterocycles. The zero-order valence-electron chi connectivity index (χ0n) is 29.0. The van der Waals surface area contributed by atoms with Crippen LogP contribution in [0.2, 0.25) is 0 Å². The van der Waals surface area contributed by atoms with Crippen LogP contribution in [0.3, 0.4) is 0 Å². The average Bonchev–Trinajstić information content (AvgIpc) is 3.02. The Kier molecular flexibility index (Phi) is 15.3. The number of ether oxygens (including phenoxy) is 3. The van der Waals surface area contributed by atoms with Crippen molar-refractivity contribution in [1.82, 2.24) is 14.7 Å². The highest BCUT2D eigenvalue weighted by atomic mass is 16.5. The SMILES string of the molecule is COc1ccc(CN(C)C[C@H]2OCCCC[C@H](C)Oc3ccc(NC(=O)CCCN(C)C)cc3C(=O)N([C@H](C)CO)C[C@H]2C)cc1. The van der Waals surface area contributed by atoms with E-state index in [1.807, 2.05) is 45.0 Å². The Morgan fingerprint density at radius 2 is 1.87 bits per heavy atom. The molecule has 3 rings (SSSR count). The molecule has 256 valence electrons. The fourth-order valence-electron chi connectivity index (χ4n) is 5.66. The second-order valence-corrected chi connectivity index (χ2v) is 13.0. The van der Waals surface area contributed by atoms with Crippen molar-refractivity contribution in [3.8, 4) is 11.5 Å². The third-order valence-electron chi connectivity index (χ3n) is 8.45. The number of fused-ring (bicyclic) bond motifs is 1. The maximum absolute atomic E-state index is 14.3. The van der Waals surface area contributed by atoms with Crippen molar-refractivity contribution in [2.75, 3.05) is 66.4 Å². The van der Waals surface area contributed by atoms with Crippen LogP contribution in [0, 0.1) is 5.92 Å². The Hall–Kier alpha value is -3.18. The van der Waals surface area contributed by atoms with Gasteiger partial charge in [-0.25, -0.2) is 0 Å². The number of aliphatic hydroxyl groups is 1. The molecule has 1 aliphatic rings. The van der Waals surface area contributed by atoms with Crippen LogP contribution in [0.5, 0.6) is 11.5 Å². The molecule has 2 amide bonds. The minimum atomic E-state index is -0.435. The highest BCUT2D eigenvalue weighted by molar-refractivity contribution is 5.99. The maximum atomic E-state index is 14.3. The molecule has 0 fully saturated rings. The number of carbonyl (C=O) groups is 2. The number of rotatable bonds is 12. The molecule has 46 heavy (non-hydrogen) atoms. The number of nitrogens with zero attached hydrogens (tertiary/aromatic N) is 3. The first kappa shape index (κ1) is 37.3. The summed E-state index contributed by atoms with van der Waals surface area (Å²) in [6.45, 7) is 9.03. The van der Waals surface area contributed by atoms with Crippen LogP contribution in [-0.2, 0) is 16.1 Å². The smallest absolute Gasteiger partial charge is 0.258 e. The highest BCUT2D eigenvalue weighted by Crippen LogP contribution is 2.29. The van der Waals surface area contributed by atoms with Crippen molar-refractivity contribution in [2.24, 2.45) is 5.92 Å². The van der Waals surface area contributed by atoms with Crippen LogP contribution in [0.1, 0.15) is 68.8 Å². The number of nitrogens with one attached hydrogen (secondary N) is 1. The average molecular weight is 641 g/mol. The van der Waals surface area contributed by atoms with Crippen molar-refractivity contribution in [2.45, 2.75) is 77.7 Å². The van der Waals surface area contributed by atoms with Crippen LogP contribution in [0.15, 0.2) is 42.5 Å². The van der Waals surface area contributed by atoms with Crippen LogP contribution < -0.4 is 14.8 Å². The number of methoxy groups -OCH3 is 1. The van der Waals surface area contributed by atoms with Gasteiger partial charge in [0, 0.05) is 44.3 Å². The molecule has 10 nitrogen and oxygen atoms in total.